The van der Waals surface area contributed by atoms with Crippen LogP contribution >= 0.6 is 11.8 Å². The molecule has 1 N–H and O–H groups in total. The number of rotatable bonds is 5. The van der Waals surface area contributed by atoms with Crippen molar-refractivity contribution in [1.82, 2.24) is 5.32 Å². The summed E-state index contributed by atoms with van der Waals surface area (Å²) in [5.74, 6) is 2.34. The molecule has 2 heteroatoms. The number of piperidine rings is 1. The Morgan fingerprint density at radius 1 is 1.38 bits per heavy atom. The van der Waals surface area contributed by atoms with Crippen molar-refractivity contribution in [3.63, 3.8) is 0 Å². The van der Waals surface area contributed by atoms with E-state index in [1.807, 2.05) is 0 Å². The maximum atomic E-state index is 3.43. The first-order valence-corrected chi connectivity index (χ1v) is 6.71. The highest BCUT2D eigenvalue weighted by Crippen LogP contribution is 2.26. The molecule has 0 aromatic heterocycles. The highest BCUT2D eigenvalue weighted by atomic mass is 32.2. The van der Waals surface area contributed by atoms with E-state index in [0.717, 1.165) is 11.2 Å². The van der Waals surface area contributed by atoms with E-state index in [2.05, 4.69) is 30.9 Å². The Hall–Kier alpha value is 0.310. The minimum atomic E-state index is 0.883. The fourth-order valence-corrected chi connectivity index (χ4v) is 3.23. The average molecular weight is 201 g/mol. The molecule has 1 rings (SSSR count). The van der Waals surface area contributed by atoms with Crippen LogP contribution in [0, 0.1) is 5.92 Å². The van der Waals surface area contributed by atoms with E-state index < -0.39 is 0 Å². The molecule has 1 heterocycles. The van der Waals surface area contributed by atoms with Crippen LogP contribution in [0.4, 0.5) is 0 Å². The fraction of sp³-hybridized carbons (Fsp3) is 1.00. The molecule has 1 nitrogen and oxygen atoms in total. The highest BCUT2D eigenvalue weighted by Gasteiger charge is 2.19. The monoisotopic (exact) mass is 201 g/mol. The van der Waals surface area contributed by atoms with E-state index >= 15 is 0 Å². The van der Waals surface area contributed by atoms with Crippen LogP contribution in [-0.2, 0) is 0 Å². The van der Waals surface area contributed by atoms with Crippen molar-refractivity contribution in [3.05, 3.63) is 0 Å². The summed E-state index contributed by atoms with van der Waals surface area (Å²) in [5.41, 5.74) is 0. The summed E-state index contributed by atoms with van der Waals surface area (Å²) in [5, 5.41) is 4.31. The lowest BCUT2D eigenvalue weighted by atomic mass is 9.95. The summed E-state index contributed by atoms with van der Waals surface area (Å²) >= 11 is 2.18. The third-order valence-electron chi connectivity index (χ3n) is 2.93. The first-order valence-electron chi connectivity index (χ1n) is 5.67. The molecule has 0 aromatic carbocycles. The lowest BCUT2D eigenvalue weighted by Gasteiger charge is -2.27. The van der Waals surface area contributed by atoms with Gasteiger partial charge in [-0.25, -0.2) is 0 Å². The first kappa shape index (κ1) is 11.4. The van der Waals surface area contributed by atoms with E-state index in [1.165, 1.54) is 44.5 Å². The van der Waals surface area contributed by atoms with Crippen molar-refractivity contribution in [2.75, 3.05) is 18.8 Å². The minimum absolute atomic E-state index is 0.883. The molecule has 0 bridgehead atoms. The maximum Gasteiger partial charge on any atom is 0.00479 e. The maximum absolute atomic E-state index is 3.43. The van der Waals surface area contributed by atoms with Gasteiger partial charge in [-0.1, -0.05) is 20.3 Å². The Balaban J connectivity index is 2.09. The first-order chi connectivity index (χ1) is 6.34. The average Bonchev–Trinajstić information content (AvgIpc) is 2.19. The summed E-state index contributed by atoms with van der Waals surface area (Å²) in [6.45, 7) is 7.17. The van der Waals surface area contributed by atoms with Crippen molar-refractivity contribution >= 4 is 11.8 Å². The topological polar surface area (TPSA) is 12.0 Å². The summed E-state index contributed by atoms with van der Waals surface area (Å²) in [7, 11) is 0. The number of hydrogen-bond acceptors (Lipinski definition) is 2. The molecule has 0 spiro atoms. The van der Waals surface area contributed by atoms with E-state index in [0.29, 0.717) is 0 Å². The number of nitrogens with one attached hydrogen (secondary N) is 1. The summed E-state index contributed by atoms with van der Waals surface area (Å²) < 4.78 is 0. The van der Waals surface area contributed by atoms with E-state index in [4.69, 9.17) is 0 Å². The zero-order valence-corrected chi connectivity index (χ0v) is 9.83. The molecule has 13 heavy (non-hydrogen) atoms. The van der Waals surface area contributed by atoms with Crippen LogP contribution in [0.1, 0.15) is 39.5 Å². The van der Waals surface area contributed by atoms with Gasteiger partial charge < -0.3 is 5.32 Å². The molecule has 1 saturated heterocycles. The zero-order chi connectivity index (χ0) is 9.52. The van der Waals surface area contributed by atoms with Gasteiger partial charge in [0.1, 0.15) is 0 Å². The Labute approximate surface area is 87.1 Å². The van der Waals surface area contributed by atoms with Gasteiger partial charge in [0.25, 0.3) is 0 Å². The van der Waals surface area contributed by atoms with Gasteiger partial charge in [0.2, 0.25) is 0 Å². The SMILES string of the molecule is CCCCSC(C)C1CCNCC1. The summed E-state index contributed by atoms with van der Waals surface area (Å²) in [4.78, 5) is 0. The van der Waals surface area contributed by atoms with E-state index in [-0.39, 0.29) is 0 Å². The van der Waals surface area contributed by atoms with Crippen molar-refractivity contribution in [2.24, 2.45) is 5.92 Å². The third-order valence-corrected chi connectivity index (χ3v) is 4.36. The second-order valence-electron chi connectivity index (χ2n) is 4.02. The second kappa shape index (κ2) is 6.72. The molecule has 1 unspecified atom stereocenters. The number of thioether (sulfide) groups is 1. The molecule has 1 aliphatic heterocycles. The largest absolute Gasteiger partial charge is 0.317 e. The lowest BCUT2D eigenvalue weighted by molar-refractivity contribution is 0.373. The molecule has 0 radical (unpaired) electrons. The predicted molar refractivity (Wildman–Crippen MR) is 62.4 cm³/mol. The third kappa shape index (κ3) is 4.37. The normalized spacial score (nSPS) is 21.7. The van der Waals surface area contributed by atoms with Crippen molar-refractivity contribution < 1.29 is 0 Å². The molecule has 0 aromatic rings. The van der Waals surface area contributed by atoms with Crippen molar-refractivity contribution in [2.45, 2.75) is 44.8 Å². The Morgan fingerprint density at radius 2 is 2.08 bits per heavy atom. The molecule has 78 valence electrons. The van der Waals surface area contributed by atoms with Crippen LogP contribution in [0.15, 0.2) is 0 Å². The van der Waals surface area contributed by atoms with Gasteiger partial charge >= 0.3 is 0 Å². The molecular weight excluding hydrogens is 178 g/mol. The molecular formula is C11H23NS. The number of unbranched alkanes of at least 4 members (excludes halogenated alkanes) is 1. The van der Waals surface area contributed by atoms with Crippen LogP contribution in [-0.4, -0.2) is 24.1 Å². The standard InChI is InChI=1S/C11H23NS/c1-3-4-9-13-10(2)11-5-7-12-8-6-11/h10-12H,3-9H2,1-2H3. The van der Waals surface area contributed by atoms with Gasteiger partial charge in [-0.2, -0.15) is 11.8 Å². The smallest absolute Gasteiger partial charge is 0.00479 e. The minimum Gasteiger partial charge on any atom is -0.317 e. The van der Waals surface area contributed by atoms with E-state index in [1.54, 1.807) is 0 Å². The zero-order valence-electron chi connectivity index (χ0n) is 9.01. The molecule has 0 amide bonds. The van der Waals surface area contributed by atoms with Crippen LogP contribution in [0.3, 0.4) is 0 Å². The van der Waals surface area contributed by atoms with Gasteiger partial charge in [0.15, 0.2) is 0 Å². The fourth-order valence-electron chi connectivity index (χ4n) is 1.86. The Bertz CT molecular complexity index is 121. The summed E-state index contributed by atoms with van der Waals surface area (Å²) in [6, 6.07) is 0. The Kier molecular flexibility index (Phi) is 5.88. The molecule has 0 aliphatic carbocycles. The van der Waals surface area contributed by atoms with E-state index in [9.17, 15) is 0 Å². The van der Waals surface area contributed by atoms with Crippen molar-refractivity contribution in [1.29, 1.82) is 0 Å². The number of hydrogen-bond donors (Lipinski definition) is 1. The quantitative estimate of drug-likeness (QED) is 0.686. The second-order valence-corrected chi connectivity index (χ2v) is 5.50. The van der Waals surface area contributed by atoms with Gasteiger partial charge in [-0.15, -0.1) is 0 Å². The lowest BCUT2D eigenvalue weighted by Crippen LogP contribution is -2.31. The van der Waals surface area contributed by atoms with Crippen LogP contribution in [0.5, 0.6) is 0 Å². The molecule has 1 atom stereocenters. The highest BCUT2D eigenvalue weighted by molar-refractivity contribution is 7.99. The Morgan fingerprint density at radius 3 is 2.69 bits per heavy atom. The van der Waals surface area contributed by atoms with Crippen LogP contribution < -0.4 is 5.32 Å². The molecule has 1 aliphatic rings. The van der Waals surface area contributed by atoms with Gasteiger partial charge in [0.05, 0.1) is 0 Å². The molecule has 1 fully saturated rings. The van der Waals surface area contributed by atoms with Gasteiger partial charge in [0, 0.05) is 5.25 Å². The van der Waals surface area contributed by atoms with Crippen LogP contribution in [0.25, 0.3) is 0 Å². The molecule has 0 saturated carbocycles. The van der Waals surface area contributed by atoms with Gasteiger partial charge in [-0.3, -0.25) is 0 Å². The van der Waals surface area contributed by atoms with Crippen LogP contribution in [0.2, 0.25) is 0 Å². The summed E-state index contributed by atoms with van der Waals surface area (Å²) in [6.07, 6.45) is 5.51. The van der Waals surface area contributed by atoms with Gasteiger partial charge in [-0.05, 0) is 44.0 Å². The predicted octanol–water partition coefficient (Wildman–Crippen LogP) is 2.91. The van der Waals surface area contributed by atoms with Crippen molar-refractivity contribution in [3.8, 4) is 0 Å².